The second kappa shape index (κ2) is 9.52. The van der Waals surface area contributed by atoms with Crippen molar-refractivity contribution in [3.8, 4) is 5.69 Å². The van der Waals surface area contributed by atoms with Gasteiger partial charge in [0.2, 0.25) is 5.91 Å². The Morgan fingerprint density at radius 2 is 2.18 bits per heavy atom. The molecule has 4 aromatic rings. The first-order chi connectivity index (χ1) is 16.1. The Morgan fingerprint density at radius 1 is 1.27 bits per heavy atom. The fourth-order valence-corrected chi connectivity index (χ4v) is 4.98. The highest BCUT2D eigenvalue weighted by atomic mass is 79.9. The molecule has 0 radical (unpaired) electrons. The summed E-state index contributed by atoms with van der Waals surface area (Å²) in [5.41, 5.74) is 2.56. The summed E-state index contributed by atoms with van der Waals surface area (Å²) in [7, 11) is 1.63. The molecule has 3 heterocycles. The van der Waals surface area contributed by atoms with E-state index in [2.05, 4.69) is 36.3 Å². The highest BCUT2D eigenvalue weighted by Crippen LogP contribution is 2.33. The van der Waals surface area contributed by atoms with Crippen molar-refractivity contribution in [1.29, 1.82) is 0 Å². The van der Waals surface area contributed by atoms with E-state index in [1.165, 1.54) is 0 Å². The molecule has 0 unspecified atom stereocenters. The smallest absolute Gasteiger partial charge is 0.223 e. The van der Waals surface area contributed by atoms with Gasteiger partial charge >= 0.3 is 0 Å². The van der Waals surface area contributed by atoms with Gasteiger partial charge in [-0.1, -0.05) is 12.1 Å². The maximum absolute atomic E-state index is 12.4. The summed E-state index contributed by atoms with van der Waals surface area (Å²) in [5, 5.41) is 9.55. The molecule has 1 saturated carbocycles. The minimum atomic E-state index is 0.0559. The molecular weight excluding hydrogens is 484 g/mol. The molecule has 0 bridgehead atoms. The van der Waals surface area contributed by atoms with Gasteiger partial charge in [0, 0.05) is 43.8 Å². The Morgan fingerprint density at radius 3 is 3.06 bits per heavy atom. The van der Waals surface area contributed by atoms with E-state index in [9.17, 15) is 4.79 Å². The molecule has 170 valence electrons. The first-order valence-corrected chi connectivity index (χ1v) is 11.9. The number of hydrogen-bond donors (Lipinski definition) is 1. The van der Waals surface area contributed by atoms with Crippen LogP contribution in [0.2, 0.25) is 0 Å². The molecule has 0 saturated heterocycles. The molecule has 33 heavy (non-hydrogen) atoms. The average molecular weight is 509 g/mol. The number of methoxy groups -OCH3 is 1. The zero-order valence-corrected chi connectivity index (χ0v) is 20.0. The van der Waals surface area contributed by atoms with Gasteiger partial charge in [0.25, 0.3) is 0 Å². The fraction of sp³-hybridized carbons (Fsp3) is 0.375. The van der Waals surface area contributed by atoms with Crippen molar-refractivity contribution >= 4 is 43.8 Å². The van der Waals surface area contributed by atoms with Crippen molar-refractivity contribution in [2.45, 2.75) is 25.7 Å². The summed E-state index contributed by atoms with van der Waals surface area (Å²) in [5.74, 6) is 1.35. The van der Waals surface area contributed by atoms with Crippen LogP contribution < -0.4 is 5.32 Å². The highest BCUT2D eigenvalue weighted by molar-refractivity contribution is 9.10. The molecule has 9 heteroatoms. The van der Waals surface area contributed by atoms with Crippen LogP contribution in [-0.2, 0) is 16.0 Å². The van der Waals surface area contributed by atoms with Crippen LogP contribution in [-0.4, -0.2) is 50.9 Å². The summed E-state index contributed by atoms with van der Waals surface area (Å²) in [6, 6.07) is 10.0. The number of hydrogen-bond acceptors (Lipinski definition) is 6. The van der Waals surface area contributed by atoms with Crippen molar-refractivity contribution in [2.24, 2.45) is 11.8 Å². The van der Waals surface area contributed by atoms with E-state index in [-0.39, 0.29) is 11.8 Å². The lowest BCUT2D eigenvalue weighted by molar-refractivity contribution is -0.125. The number of rotatable bonds is 7. The Kier molecular flexibility index (Phi) is 6.32. The second-order valence-electron chi connectivity index (χ2n) is 8.47. The zero-order valence-electron chi connectivity index (χ0n) is 18.4. The van der Waals surface area contributed by atoms with E-state index < -0.39 is 0 Å². The molecule has 3 aromatic heterocycles. The molecule has 1 amide bonds. The number of aromatic nitrogens is 5. The quantitative estimate of drug-likeness (QED) is 0.381. The van der Waals surface area contributed by atoms with Crippen LogP contribution in [0.25, 0.3) is 27.6 Å². The van der Waals surface area contributed by atoms with Gasteiger partial charge < -0.3 is 10.1 Å². The average Bonchev–Trinajstić information content (AvgIpc) is 3.43. The number of carbonyl (C=O) groups excluding carboxylic acids is 1. The molecule has 1 N–H and O–H groups in total. The third kappa shape index (κ3) is 4.60. The molecule has 5 rings (SSSR count). The van der Waals surface area contributed by atoms with Crippen LogP contribution in [0.3, 0.4) is 0 Å². The SMILES string of the molecule is COCCNC(=O)[C@@H]1CC[C@@H](Cc2ncc3c(Br)nn(-c4ccc5cccnc5c4)c3n2)C1. The van der Waals surface area contributed by atoms with Crippen molar-refractivity contribution in [1.82, 2.24) is 30.0 Å². The van der Waals surface area contributed by atoms with Crippen LogP contribution in [0, 0.1) is 11.8 Å². The number of fused-ring (bicyclic) bond motifs is 2. The lowest BCUT2D eigenvalue weighted by Gasteiger charge is -2.11. The molecule has 0 spiro atoms. The Hall–Kier alpha value is -2.91. The van der Waals surface area contributed by atoms with Gasteiger partial charge in [0.05, 0.1) is 23.2 Å². The third-order valence-corrected chi connectivity index (χ3v) is 6.84. The summed E-state index contributed by atoms with van der Waals surface area (Å²) in [6.07, 6.45) is 7.13. The minimum Gasteiger partial charge on any atom is -0.383 e. The molecule has 0 aliphatic heterocycles. The van der Waals surface area contributed by atoms with E-state index in [1.54, 1.807) is 13.3 Å². The van der Waals surface area contributed by atoms with Crippen LogP contribution in [0.1, 0.15) is 25.1 Å². The number of ether oxygens (including phenoxy) is 1. The third-order valence-electron chi connectivity index (χ3n) is 6.25. The van der Waals surface area contributed by atoms with E-state index in [0.29, 0.717) is 23.7 Å². The molecule has 1 fully saturated rings. The van der Waals surface area contributed by atoms with Crippen LogP contribution in [0.15, 0.2) is 47.3 Å². The van der Waals surface area contributed by atoms with Crippen molar-refractivity contribution < 1.29 is 9.53 Å². The minimum absolute atomic E-state index is 0.0559. The number of nitrogens with zero attached hydrogens (tertiary/aromatic N) is 5. The number of pyridine rings is 1. The standard InChI is InChI=1S/C24H25BrN6O2/c1-33-10-9-27-24(32)17-5-4-15(11-17)12-21-28-14-19-22(25)30-31(23(19)29-21)18-7-6-16-3-2-8-26-20(16)13-18/h2-3,6-8,13-15,17H,4-5,9-12H2,1H3,(H,27,32)/t15-,17-/m1/s1. The van der Waals surface area contributed by atoms with E-state index in [0.717, 1.165) is 59.1 Å². The Bertz CT molecular complexity index is 1310. The lowest BCUT2D eigenvalue weighted by Crippen LogP contribution is -2.32. The van der Waals surface area contributed by atoms with Gasteiger partial charge in [-0.15, -0.1) is 0 Å². The van der Waals surface area contributed by atoms with Gasteiger partial charge in [-0.25, -0.2) is 14.6 Å². The topological polar surface area (TPSA) is 94.8 Å². The van der Waals surface area contributed by atoms with Gasteiger partial charge in [-0.05, 0) is 59.3 Å². The summed E-state index contributed by atoms with van der Waals surface area (Å²) >= 11 is 3.55. The Labute approximate surface area is 199 Å². The van der Waals surface area contributed by atoms with E-state index in [4.69, 9.17) is 9.72 Å². The first kappa shape index (κ1) is 21.9. The normalized spacial score (nSPS) is 18.2. The number of amides is 1. The monoisotopic (exact) mass is 508 g/mol. The predicted molar refractivity (Wildman–Crippen MR) is 129 cm³/mol. The number of carbonyl (C=O) groups is 1. The van der Waals surface area contributed by atoms with Crippen molar-refractivity contribution in [3.63, 3.8) is 0 Å². The number of nitrogens with one attached hydrogen (secondary N) is 1. The van der Waals surface area contributed by atoms with Gasteiger partial charge in [0.1, 0.15) is 10.4 Å². The molecule has 8 nitrogen and oxygen atoms in total. The summed E-state index contributed by atoms with van der Waals surface area (Å²) < 4.78 is 7.55. The summed E-state index contributed by atoms with van der Waals surface area (Å²) in [4.78, 5) is 26.3. The second-order valence-corrected chi connectivity index (χ2v) is 9.22. The largest absolute Gasteiger partial charge is 0.383 e. The molecular formula is C24H25BrN6O2. The molecule has 1 aliphatic rings. The predicted octanol–water partition coefficient (Wildman–Crippen LogP) is 3.85. The maximum atomic E-state index is 12.4. The van der Waals surface area contributed by atoms with E-state index in [1.807, 2.05) is 41.2 Å². The first-order valence-electron chi connectivity index (χ1n) is 11.1. The van der Waals surface area contributed by atoms with Crippen LogP contribution >= 0.6 is 15.9 Å². The van der Waals surface area contributed by atoms with Gasteiger partial charge in [-0.3, -0.25) is 9.78 Å². The number of benzene rings is 1. The zero-order chi connectivity index (χ0) is 22.8. The summed E-state index contributed by atoms with van der Waals surface area (Å²) in [6.45, 7) is 1.09. The maximum Gasteiger partial charge on any atom is 0.223 e. The highest BCUT2D eigenvalue weighted by Gasteiger charge is 2.30. The van der Waals surface area contributed by atoms with Crippen LogP contribution in [0.4, 0.5) is 0 Å². The van der Waals surface area contributed by atoms with Crippen LogP contribution in [0.5, 0.6) is 0 Å². The fourth-order valence-electron chi connectivity index (χ4n) is 4.55. The van der Waals surface area contributed by atoms with Gasteiger partial charge in [-0.2, -0.15) is 5.10 Å². The molecule has 1 aliphatic carbocycles. The van der Waals surface area contributed by atoms with Crippen molar-refractivity contribution in [2.75, 3.05) is 20.3 Å². The Balaban J connectivity index is 1.36. The molecule has 2 atom stereocenters. The van der Waals surface area contributed by atoms with Crippen molar-refractivity contribution in [3.05, 3.63) is 53.2 Å². The van der Waals surface area contributed by atoms with E-state index >= 15 is 0 Å². The van der Waals surface area contributed by atoms with Gasteiger partial charge in [0.15, 0.2) is 5.65 Å². The lowest BCUT2D eigenvalue weighted by atomic mass is 10.0. The number of halogens is 1. The molecule has 1 aromatic carbocycles.